The van der Waals surface area contributed by atoms with Crippen LogP contribution in [0.4, 0.5) is 4.39 Å². The Hall–Kier alpha value is -1.89. The van der Waals surface area contributed by atoms with Crippen molar-refractivity contribution >= 4 is 21.6 Å². The van der Waals surface area contributed by atoms with Crippen LogP contribution in [0.25, 0.3) is 10.2 Å². The van der Waals surface area contributed by atoms with E-state index in [1.54, 1.807) is 6.07 Å². The van der Waals surface area contributed by atoms with Gasteiger partial charge in [0.1, 0.15) is 5.82 Å². The van der Waals surface area contributed by atoms with Gasteiger partial charge in [-0.05, 0) is 76.9 Å². The molecule has 0 spiro atoms. The number of aryl methyl sites for hydroxylation is 3. The molecular formula is C23H28FN3OS. The van der Waals surface area contributed by atoms with Crippen molar-refractivity contribution in [1.29, 1.82) is 0 Å². The maximum absolute atomic E-state index is 14.8. The predicted molar refractivity (Wildman–Crippen MR) is 116 cm³/mol. The van der Waals surface area contributed by atoms with Crippen LogP contribution in [0, 0.1) is 26.6 Å². The summed E-state index contributed by atoms with van der Waals surface area (Å²) < 4.78 is 21.9. The molecule has 2 aromatic heterocycles. The number of nitrogens with zero attached hydrogens (tertiary/aromatic N) is 3. The first-order valence-corrected chi connectivity index (χ1v) is 11.1. The fourth-order valence-electron chi connectivity index (χ4n) is 4.27. The number of hydrogen-bond donors (Lipinski definition) is 0. The highest BCUT2D eigenvalue weighted by Crippen LogP contribution is 2.32. The zero-order chi connectivity index (χ0) is 20.5. The molecule has 2 atom stereocenters. The molecule has 0 N–H and O–H groups in total. The number of rotatable bonds is 5. The zero-order valence-electron chi connectivity index (χ0n) is 17.5. The fraction of sp³-hybridized carbons (Fsp3) is 0.478. The minimum Gasteiger partial charge on any atom is -0.372 e. The second-order valence-corrected chi connectivity index (χ2v) is 9.31. The highest BCUT2D eigenvalue weighted by Gasteiger charge is 2.27. The predicted octanol–water partition coefficient (Wildman–Crippen LogP) is 5.50. The van der Waals surface area contributed by atoms with E-state index < -0.39 is 0 Å². The molecule has 0 amide bonds. The minimum atomic E-state index is -0.139. The first kappa shape index (κ1) is 20.4. The standard InChI is InChI=1S/C23H28FN3OS/c1-14-8-18(9-15(2)25-14)13-28-19-6-5-7-27(12-19)16(3)20-10-22-23(11-21(20)24)29-17(4)26-22/h8-11,16,19H,5-7,12-13H2,1-4H3/t16?,19-/m0/s1. The summed E-state index contributed by atoms with van der Waals surface area (Å²) in [7, 11) is 0. The third-order valence-electron chi connectivity index (χ3n) is 5.65. The summed E-state index contributed by atoms with van der Waals surface area (Å²) in [6.07, 6.45) is 2.26. The number of fused-ring (bicyclic) bond motifs is 1. The van der Waals surface area contributed by atoms with Gasteiger partial charge in [-0.3, -0.25) is 9.88 Å². The lowest BCUT2D eigenvalue weighted by atomic mass is 10.0. The van der Waals surface area contributed by atoms with Gasteiger partial charge < -0.3 is 4.74 Å². The van der Waals surface area contributed by atoms with Crippen molar-refractivity contribution in [3.8, 4) is 0 Å². The van der Waals surface area contributed by atoms with Gasteiger partial charge >= 0.3 is 0 Å². The average molecular weight is 414 g/mol. The number of benzene rings is 1. The Morgan fingerprint density at radius 2 is 1.93 bits per heavy atom. The Balaban J connectivity index is 1.44. The van der Waals surface area contributed by atoms with Crippen LogP contribution in [0.3, 0.4) is 0 Å². The summed E-state index contributed by atoms with van der Waals surface area (Å²) in [5, 5.41) is 0.970. The number of pyridine rings is 1. The maximum Gasteiger partial charge on any atom is 0.129 e. The molecule has 1 unspecified atom stereocenters. The molecular weight excluding hydrogens is 385 g/mol. The van der Waals surface area contributed by atoms with E-state index in [9.17, 15) is 4.39 Å². The second kappa shape index (κ2) is 8.46. The van der Waals surface area contributed by atoms with Gasteiger partial charge in [-0.25, -0.2) is 9.37 Å². The molecule has 1 saturated heterocycles. The molecule has 1 aromatic carbocycles. The summed E-state index contributed by atoms with van der Waals surface area (Å²) in [6.45, 7) is 10.4. The van der Waals surface area contributed by atoms with E-state index in [0.717, 1.165) is 63.7 Å². The van der Waals surface area contributed by atoms with Gasteiger partial charge in [0.2, 0.25) is 0 Å². The summed E-state index contributed by atoms with van der Waals surface area (Å²) in [6, 6.07) is 7.72. The first-order valence-electron chi connectivity index (χ1n) is 10.3. The van der Waals surface area contributed by atoms with Gasteiger partial charge in [-0.1, -0.05) is 0 Å². The van der Waals surface area contributed by atoms with Crippen LogP contribution in [0.15, 0.2) is 24.3 Å². The van der Waals surface area contributed by atoms with E-state index in [1.165, 1.54) is 11.3 Å². The van der Waals surface area contributed by atoms with Crippen LogP contribution in [0.5, 0.6) is 0 Å². The van der Waals surface area contributed by atoms with E-state index in [2.05, 4.69) is 33.9 Å². The first-order chi connectivity index (χ1) is 13.9. The minimum absolute atomic E-state index is 0.00165. The lowest BCUT2D eigenvalue weighted by Crippen LogP contribution is -2.41. The molecule has 1 aliphatic rings. The van der Waals surface area contributed by atoms with Gasteiger partial charge in [0.25, 0.3) is 0 Å². The van der Waals surface area contributed by atoms with Crippen LogP contribution < -0.4 is 0 Å². The van der Waals surface area contributed by atoms with Crippen LogP contribution in [0.2, 0.25) is 0 Å². The largest absolute Gasteiger partial charge is 0.372 e. The van der Waals surface area contributed by atoms with E-state index in [4.69, 9.17) is 4.74 Å². The highest BCUT2D eigenvalue weighted by atomic mass is 32.1. The van der Waals surface area contributed by atoms with Crippen LogP contribution in [-0.2, 0) is 11.3 Å². The number of ether oxygens (including phenoxy) is 1. The number of thiazole rings is 1. The third-order valence-corrected chi connectivity index (χ3v) is 6.58. The van der Waals surface area contributed by atoms with E-state index in [0.29, 0.717) is 6.61 Å². The van der Waals surface area contributed by atoms with Crippen LogP contribution >= 0.6 is 11.3 Å². The van der Waals surface area contributed by atoms with Crippen LogP contribution in [0.1, 0.15) is 53.3 Å². The molecule has 0 bridgehead atoms. The Morgan fingerprint density at radius 1 is 1.17 bits per heavy atom. The molecule has 0 aliphatic carbocycles. The summed E-state index contributed by atoms with van der Waals surface area (Å²) in [4.78, 5) is 11.3. The topological polar surface area (TPSA) is 38.2 Å². The van der Waals surface area contributed by atoms with Crippen molar-refractivity contribution in [2.24, 2.45) is 0 Å². The second-order valence-electron chi connectivity index (χ2n) is 8.08. The SMILES string of the molecule is Cc1cc(CO[C@H]2CCCN(C(C)c3cc4nc(C)sc4cc3F)C2)cc(C)n1. The van der Waals surface area contributed by atoms with Crippen molar-refractivity contribution in [2.45, 2.75) is 59.3 Å². The van der Waals surface area contributed by atoms with E-state index in [1.807, 2.05) is 26.8 Å². The smallest absolute Gasteiger partial charge is 0.129 e. The third kappa shape index (κ3) is 4.65. The quantitative estimate of drug-likeness (QED) is 0.554. The summed E-state index contributed by atoms with van der Waals surface area (Å²) in [5.41, 5.74) is 4.82. The molecule has 3 heterocycles. The Kier molecular flexibility index (Phi) is 5.95. The number of aromatic nitrogens is 2. The maximum atomic E-state index is 14.8. The van der Waals surface area contributed by atoms with E-state index >= 15 is 0 Å². The molecule has 154 valence electrons. The Morgan fingerprint density at radius 3 is 2.69 bits per heavy atom. The summed E-state index contributed by atoms with van der Waals surface area (Å²) >= 11 is 1.54. The average Bonchev–Trinajstić information content (AvgIpc) is 3.03. The van der Waals surface area contributed by atoms with Gasteiger partial charge in [-0.2, -0.15) is 0 Å². The lowest BCUT2D eigenvalue weighted by Gasteiger charge is -2.37. The van der Waals surface area contributed by atoms with Gasteiger partial charge in [0.05, 0.1) is 27.9 Å². The fourth-order valence-corrected chi connectivity index (χ4v) is 5.10. The van der Waals surface area contributed by atoms with Crippen molar-refractivity contribution in [3.05, 3.63) is 57.6 Å². The van der Waals surface area contributed by atoms with Gasteiger partial charge in [0, 0.05) is 29.5 Å². The summed E-state index contributed by atoms with van der Waals surface area (Å²) in [5.74, 6) is -0.139. The molecule has 1 fully saturated rings. The van der Waals surface area contributed by atoms with Crippen molar-refractivity contribution in [1.82, 2.24) is 14.9 Å². The van der Waals surface area contributed by atoms with E-state index in [-0.39, 0.29) is 18.0 Å². The van der Waals surface area contributed by atoms with Crippen molar-refractivity contribution in [3.63, 3.8) is 0 Å². The molecule has 0 saturated carbocycles. The normalized spacial score (nSPS) is 19.0. The lowest BCUT2D eigenvalue weighted by molar-refractivity contribution is -0.0202. The molecule has 4 nitrogen and oxygen atoms in total. The van der Waals surface area contributed by atoms with Crippen molar-refractivity contribution in [2.75, 3.05) is 13.1 Å². The molecule has 3 aromatic rings. The highest BCUT2D eigenvalue weighted by molar-refractivity contribution is 7.18. The Bertz CT molecular complexity index is 999. The molecule has 29 heavy (non-hydrogen) atoms. The number of halogens is 1. The van der Waals surface area contributed by atoms with Gasteiger partial charge in [0.15, 0.2) is 0 Å². The number of piperidine rings is 1. The zero-order valence-corrected chi connectivity index (χ0v) is 18.4. The Labute approximate surface area is 175 Å². The van der Waals surface area contributed by atoms with Gasteiger partial charge in [-0.15, -0.1) is 11.3 Å². The number of likely N-dealkylation sites (tertiary alicyclic amines) is 1. The number of hydrogen-bond acceptors (Lipinski definition) is 5. The molecule has 4 rings (SSSR count). The molecule has 6 heteroatoms. The molecule has 1 aliphatic heterocycles. The monoisotopic (exact) mass is 413 g/mol. The van der Waals surface area contributed by atoms with Crippen molar-refractivity contribution < 1.29 is 9.13 Å². The molecule has 0 radical (unpaired) electrons. The van der Waals surface area contributed by atoms with Crippen LogP contribution in [-0.4, -0.2) is 34.1 Å².